The number of anilines is 1. The van der Waals surface area contributed by atoms with E-state index in [1.807, 2.05) is 24.3 Å². The van der Waals surface area contributed by atoms with Crippen molar-refractivity contribution in [2.45, 2.75) is 38.1 Å². The van der Waals surface area contributed by atoms with E-state index in [2.05, 4.69) is 29.9 Å². The molecule has 1 N–H and O–H groups in total. The zero-order valence-corrected chi connectivity index (χ0v) is 21.0. The number of sulfonamides is 1. The number of esters is 1. The minimum Gasteiger partial charge on any atom is -0.465 e. The zero-order valence-electron chi connectivity index (χ0n) is 20.2. The summed E-state index contributed by atoms with van der Waals surface area (Å²) in [6.45, 7) is 5.69. The maximum absolute atomic E-state index is 13.2. The van der Waals surface area contributed by atoms with Crippen LogP contribution < -0.4 is 5.32 Å². The first kappa shape index (κ1) is 24.9. The molecule has 0 saturated carbocycles. The summed E-state index contributed by atoms with van der Waals surface area (Å²) < 4.78 is 34.7. The molecule has 0 unspecified atom stereocenters. The maximum atomic E-state index is 13.2. The molecule has 0 radical (unpaired) electrons. The summed E-state index contributed by atoms with van der Waals surface area (Å²) in [5.41, 5.74) is 1.86. The maximum Gasteiger partial charge on any atom is 0.339 e. The average Bonchev–Trinajstić information content (AvgIpc) is 3.24. The van der Waals surface area contributed by atoms with Crippen LogP contribution >= 0.6 is 0 Å². The largest absolute Gasteiger partial charge is 0.465 e. The molecule has 0 bridgehead atoms. The molecule has 3 aromatic rings. The molecule has 1 saturated heterocycles. The number of nitrogens with zero attached hydrogens (tertiary/aromatic N) is 2. The lowest BCUT2D eigenvalue weighted by Crippen LogP contribution is -2.41. The van der Waals surface area contributed by atoms with Crippen LogP contribution in [0.4, 0.5) is 5.69 Å². The lowest BCUT2D eigenvalue weighted by atomic mass is 9.97. The van der Waals surface area contributed by atoms with Gasteiger partial charge in [-0.2, -0.15) is 4.31 Å². The van der Waals surface area contributed by atoms with Crippen molar-refractivity contribution >= 4 is 38.5 Å². The number of rotatable bonds is 7. The van der Waals surface area contributed by atoms with Crippen molar-refractivity contribution in [2.24, 2.45) is 11.8 Å². The Kier molecular flexibility index (Phi) is 7.28. The third-order valence-corrected chi connectivity index (χ3v) is 8.29. The number of carbonyl (C=O) groups is 2. The predicted octanol–water partition coefficient (Wildman–Crippen LogP) is 4.12. The van der Waals surface area contributed by atoms with Crippen LogP contribution in [0.25, 0.3) is 10.9 Å². The third kappa shape index (κ3) is 5.26. The van der Waals surface area contributed by atoms with E-state index in [1.54, 1.807) is 12.1 Å². The number of fused-ring (bicyclic) bond motifs is 1. The van der Waals surface area contributed by atoms with Gasteiger partial charge in [0.25, 0.3) is 0 Å². The van der Waals surface area contributed by atoms with Gasteiger partial charge in [0.15, 0.2) is 0 Å². The molecule has 4 rings (SSSR count). The first-order chi connectivity index (χ1) is 16.7. The first-order valence-electron chi connectivity index (χ1n) is 11.8. The molecular formula is C26H31N3O5S. The van der Waals surface area contributed by atoms with Crippen LogP contribution in [0.5, 0.6) is 0 Å². The second-order valence-electron chi connectivity index (χ2n) is 9.29. The normalized spacial score (nSPS) is 15.4. The molecule has 35 heavy (non-hydrogen) atoms. The summed E-state index contributed by atoms with van der Waals surface area (Å²) >= 11 is 0. The van der Waals surface area contributed by atoms with E-state index in [-0.39, 0.29) is 35.4 Å². The van der Waals surface area contributed by atoms with E-state index >= 15 is 0 Å². The summed E-state index contributed by atoms with van der Waals surface area (Å²) in [7, 11) is -2.67. The smallest absolute Gasteiger partial charge is 0.339 e. The Labute approximate surface area is 205 Å². The zero-order chi connectivity index (χ0) is 25.2. The van der Waals surface area contributed by atoms with Gasteiger partial charge in [-0.1, -0.05) is 26.0 Å². The van der Waals surface area contributed by atoms with E-state index in [0.29, 0.717) is 18.8 Å². The summed E-state index contributed by atoms with van der Waals surface area (Å²) in [6, 6.07) is 13.9. The molecule has 0 aliphatic carbocycles. The lowest BCUT2D eigenvalue weighted by molar-refractivity contribution is -0.120. The Bertz CT molecular complexity index is 1340. The van der Waals surface area contributed by atoms with Crippen molar-refractivity contribution in [1.29, 1.82) is 0 Å². The molecule has 8 nitrogen and oxygen atoms in total. The number of methoxy groups -OCH3 is 1. The van der Waals surface area contributed by atoms with Crippen LogP contribution in [0, 0.1) is 11.8 Å². The highest BCUT2D eigenvalue weighted by atomic mass is 32.2. The molecule has 2 heterocycles. The minimum absolute atomic E-state index is 0.00693. The predicted molar refractivity (Wildman–Crippen MR) is 135 cm³/mol. The Balaban J connectivity index is 1.41. The molecule has 9 heteroatoms. The number of benzene rings is 2. The van der Waals surface area contributed by atoms with Gasteiger partial charge in [-0.25, -0.2) is 13.2 Å². The molecule has 1 amide bonds. The molecule has 2 aromatic carbocycles. The molecule has 1 fully saturated rings. The van der Waals surface area contributed by atoms with Crippen LogP contribution in [0.3, 0.4) is 0 Å². The van der Waals surface area contributed by atoms with Crippen LogP contribution in [-0.4, -0.2) is 49.4 Å². The fraction of sp³-hybridized carbons (Fsp3) is 0.385. The highest BCUT2D eigenvalue weighted by Gasteiger charge is 2.34. The number of ether oxygens (including phenoxy) is 1. The van der Waals surface area contributed by atoms with Gasteiger partial charge in [-0.3, -0.25) is 4.79 Å². The summed E-state index contributed by atoms with van der Waals surface area (Å²) in [6.07, 6.45) is 2.86. The minimum atomic E-state index is -3.89. The molecule has 0 spiro atoms. The van der Waals surface area contributed by atoms with Gasteiger partial charge in [0.2, 0.25) is 15.9 Å². The van der Waals surface area contributed by atoms with Crippen molar-refractivity contribution in [3.63, 3.8) is 0 Å². The van der Waals surface area contributed by atoms with E-state index in [4.69, 9.17) is 4.74 Å². The third-order valence-electron chi connectivity index (χ3n) is 6.34. The number of carbonyl (C=O) groups excluding carboxylic acids is 2. The van der Waals surface area contributed by atoms with Crippen LogP contribution in [-0.2, 0) is 26.1 Å². The second kappa shape index (κ2) is 10.2. The van der Waals surface area contributed by atoms with Gasteiger partial charge >= 0.3 is 5.97 Å². The van der Waals surface area contributed by atoms with Crippen molar-refractivity contribution in [2.75, 3.05) is 25.5 Å². The molecule has 1 aliphatic rings. The van der Waals surface area contributed by atoms with E-state index in [9.17, 15) is 18.0 Å². The van der Waals surface area contributed by atoms with Gasteiger partial charge in [0.05, 0.1) is 17.6 Å². The Hall–Kier alpha value is -3.17. The van der Waals surface area contributed by atoms with Crippen molar-refractivity contribution in [1.82, 2.24) is 8.87 Å². The van der Waals surface area contributed by atoms with Gasteiger partial charge in [-0.15, -0.1) is 0 Å². The summed E-state index contributed by atoms with van der Waals surface area (Å²) in [4.78, 5) is 24.9. The molecule has 1 aromatic heterocycles. The van der Waals surface area contributed by atoms with Crippen molar-refractivity contribution in [3.05, 3.63) is 60.3 Å². The monoisotopic (exact) mass is 497 g/mol. The Morgan fingerprint density at radius 3 is 2.49 bits per heavy atom. The quantitative estimate of drug-likeness (QED) is 0.495. The van der Waals surface area contributed by atoms with Gasteiger partial charge in [-0.05, 0) is 55.2 Å². The number of amides is 1. The number of aromatic nitrogens is 1. The number of piperidine rings is 1. The number of nitrogens with one attached hydrogen (secondary N) is 1. The van der Waals surface area contributed by atoms with Crippen molar-refractivity contribution < 1.29 is 22.7 Å². The fourth-order valence-corrected chi connectivity index (χ4v) is 6.19. The van der Waals surface area contributed by atoms with E-state index < -0.39 is 16.0 Å². The number of hydrogen-bond donors (Lipinski definition) is 1. The highest BCUT2D eigenvalue weighted by Crippen LogP contribution is 2.28. The lowest BCUT2D eigenvalue weighted by Gasteiger charge is -2.31. The van der Waals surface area contributed by atoms with Gasteiger partial charge in [0.1, 0.15) is 0 Å². The second-order valence-corrected chi connectivity index (χ2v) is 11.2. The highest BCUT2D eigenvalue weighted by molar-refractivity contribution is 7.89. The standard InChI is InChI=1S/C26H31N3O5S/c1-18(2)17-28-13-10-20-16-21(8-9-23(20)28)27-25(30)19-11-14-29(15-12-19)35(32,33)24-7-5-4-6-22(24)26(31)34-3/h4-10,13,16,18-19H,11-12,14-15,17H2,1-3H3,(H,27,30). The summed E-state index contributed by atoms with van der Waals surface area (Å²) in [5, 5.41) is 4.06. The fourth-order valence-electron chi connectivity index (χ4n) is 4.54. The molecule has 186 valence electrons. The van der Waals surface area contributed by atoms with Crippen LogP contribution in [0.15, 0.2) is 59.6 Å². The van der Waals surface area contributed by atoms with Gasteiger partial charge in [0, 0.05) is 48.3 Å². The Morgan fingerprint density at radius 1 is 1.09 bits per heavy atom. The topological polar surface area (TPSA) is 97.7 Å². The molecular weight excluding hydrogens is 466 g/mol. The molecule has 0 atom stereocenters. The van der Waals surface area contributed by atoms with Gasteiger partial charge < -0.3 is 14.6 Å². The van der Waals surface area contributed by atoms with Crippen LogP contribution in [0.2, 0.25) is 0 Å². The van der Waals surface area contributed by atoms with Crippen LogP contribution in [0.1, 0.15) is 37.0 Å². The molecule has 1 aliphatic heterocycles. The van der Waals surface area contributed by atoms with E-state index in [1.165, 1.54) is 23.5 Å². The number of hydrogen-bond acceptors (Lipinski definition) is 5. The average molecular weight is 498 g/mol. The Morgan fingerprint density at radius 2 is 1.80 bits per heavy atom. The summed E-state index contributed by atoms with van der Waals surface area (Å²) in [5.74, 6) is -0.569. The van der Waals surface area contributed by atoms with Crippen molar-refractivity contribution in [3.8, 4) is 0 Å². The SMILES string of the molecule is COC(=O)c1ccccc1S(=O)(=O)N1CCC(C(=O)Nc2ccc3c(ccn3CC(C)C)c2)CC1. The van der Waals surface area contributed by atoms with E-state index in [0.717, 1.165) is 23.1 Å². The first-order valence-corrected chi connectivity index (χ1v) is 13.2.